The van der Waals surface area contributed by atoms with E-state index in [0.717, 1.165) is 32.8 Å². The molecule has 0 fully saturated rings. The molecule has 0 radical (unpaired) electrons. The van der Waals surface area contributed by atoms with Crippen molar-refractivity contribution in [1.82, 2.24) is 0 Å². The molecule has 0 saturated carbocycles. The molecule has 0 spiro atoms. The fourth-order valence-corrected chi connectivity index (χ4v) is 4.26. The number of hydrogen-bond acceptors (Lipinski definition) is 5. The lowest BCUT2D eigenvalue weighted by Gasteiger charge is -2.27. The van der Waals surface area contributed by atoms with Crippen LogP contribution in [0.15, 0.2) is 72.8 Å². The van der Waals surface area contributed by atoms with E-state index in [-0.39, 0.29) is 18.4 Å². The number of unbranched alkanes of at least 4 members (excludes halogenated alkanes) is 1. The van der Waals surface area contributed by atoms with Crippen LogP contribution in [0.1, 0.15) is 45.1 Å². The van der Waals surface area contributed by atoms with Crippen LogP contribution in [0, 0.1) is 0 Å². The Kier molecular flexibility index (Phi) is 11.0. The van der Waals surface area contributed by atoms with E-state index in [9.17, 15) is 22.8 Å². The summed E-state index contributed by atoms with van der Waals surface area (Å²) in [6.07, 6.45) is -1.24. The van der Waals surface area contributed by atoms with Crippen molar-refractivity contribution in [2.24, 2.45) is 0 Å². The van der Waals surface area contributed by atoms with E-state index in [1.54, 1.807) is 18.2 Å². The van der Waals surface area contributed by atoms with E-state index < -0.39 is 18.2 Å². The molecule has 3 aromatic rings. The van der Waals surface area contributed by atoms with Crippen molar-refractivity contribution in [3.05, 3.63) is 78.4 Å². The summed E-state index contributed by atoms with van der Waals surface area (Å²) in [4.78, 5) is 26.9. The highest BCUT2D eigenvalue weighted by atomic mass is 19.4. The van der Waals surface area contributed by atoms with Crippen molar-refractivity contribution in [3.63, 3.8) is 0 Å². The largest absolute Gasteiger partial charge is 0.573 e. The molecule has 0 unspecified atom stereocenters. The number of amides is 1. The van der Waals surface area contributed by atoms with E-state index in [4.69, 9.17) is 9.47 Å². The second kappa shape index (κ2) is 14.4. The molecule has 3 rings (SSSR count). The highest BCUT2D eigenvalue weighted by Gasteiger charge is 2.31. The van der Waals surface area contributed by atoms with Crippen LogP contribution in [0.3, 0.4) is 0 Å². The molecule has 40 heavy (non-hydrogen) atoms. The summed E-state index contributed by atoms with van der Waals surface area (Å²) >= 11 is 0. The monoisotopic (exact) mass is 557 g/mol. The molecule has 0 aliphatic carbocycles. The number of aryl methyl sites for hydroxylation is 1. The quantitative estimate of drug-likeness (QED) is 0.132. The molecule has 1 amide bonds. The Balaban J connectivity index is 1.95. The highest BCUT2D eigenvalue weighted by Crippen LogP contribution is 2.36. The topological polar surface area (TPSA) is 65.1 Å². The first-order valence-corrected chi connectivity index (χ1v) is 13.3. The molecule has 0 aliphatic rings. The van der Waals surface area contributed by atoms with Crippen molar-refractivity contribution in [2.75, 3.05) is 18.6 Å². The molecule has 3 aromatic carbocycles. The maximum absolute atomic E-state index is 13.2. The average Bonchev–Trinajstić information content (AvgIpc) is 2.95. The number of alkyl halides is 3. The van der Waals surface area contributed by atoms with E-state index in [0.29, 0.717) is 29.0 Å². The predicted octanol–water partition coefficient (Wildman–Crippen LogP) is 7.35. The van der Waals surface area contributed by atoms with Gasteiger partial charge in [-0.3, -0.25) is 9.69 Å². The Hall–Kier alpha value is -4.01. The summed E-state index contributed by atoms with van der Waals surface area (Å²) in [5, 5.41) is 0. The Morgan fingerprint density at radius 1 is 0.875 bits per heavy atom. The van der Waals surface area contributed by atoms with Gasteiger partial charge in [0.2, 0.25) is 0 Å². The molecule has 6 nitrogen and oxygen atoms in total. The minimum absolute atomic E-state index is 0.114. The SMILES string of the molecule is CCC(CC)Oc1ccc(-c2ccc(OC(F)(F)F)cc2)cc1N(CCCCc1ccccc1)C(=O)C(=O)OC. The molecule has 0 atom stereocenters. The summed E-state index contributed by atoms with van der Waals surface area (Å²) in [5.74, 6) is -1.75. The second-order valence-corrected chi connectivity index (χ2v) is 9.20. The zero-order valence-electron chi connectivity index (χ0n) is 22.9. The minimum Gasteiger partial charge on any atom is -0.488 e. The Labute approximate surface area is 232 Å². The fourth-order valence-electron chi connectivity index (χ4n) is 4.26. The molecule has 0 aliphatic heterocycles. The van der Waals surface area contributed by atoms with Gasteiger partial charge in [-0.25, -0.2) is 4.79 Å². The molecule has 0 N–H and O–H groups in total. The average molecular weight is 558 g/mol. The van der Waals surface area contributed by atoms with E-state index in [1.165, 1.54) is 34.7 Å². The first-order valence-electron chi connectivity index (χ1n) is 13.3. The second-order valence-electron chi connectivity index (χ2n) is 9.20. The van der Waals surface area contributed by atoms with E-state index in [2.05, 4.69) is 4.74 Å². The number of rotatable bonds is 12. The van der Waals surface area contributed by atoms with Crippen LogP contribution >= 0.6 is 0 Å². The number of anilines is 1. The van der Waals surface area contributed by atoms with Gasteiger partial charge in [0, 0.05) is 6.54 Å². The summed E-state index contributed by atoms with van der Waals surface area (Å²) in [6.45, 7) is 4.23. The molecule has 0 bridgehead atoms. The summed E-state index contributed by atoms with van der Waals surface area (Å²) in [6, 6.07) is 20.6. The van der Waals surface area contributed by atoms with Gasteiger partial charge in [0.1, 0.15) is 11.5 Å². The summed E-state index contributed by atoms with van der Waals surface area (Å²) < 4.78 is 52.7. The van der Waals surface area contributed by atoms with Gasteiger partial charge in [0.05, 0.1) is 18.9 Å². The van der Waals surface area contributed by atoms with Crippen LogP contribution < -0.4 is 14.4 Å². The minimum atomic E-state index is -4.79. The van der Waals surface area contributed by atoms with Gasteiger partial charge in [-0.05, 0) is 73.1 Å². The molecule has 0 aromatic heterocycles. The molecule has 214 valence electrons. The van der Waals surface area contributed by atoms with Crippen LogP contribution in [0.25, 0.3) is 11.1 Å². The zero-order valence-corrected chi connectivity index (χ0v) is 22.9. The number of halogens is 3. The van der Waals surface area contributed by atoms with Crippen molar-refractivity contribution >= 4 is 17.6 Å². The van der Waals surface area contributed by atoms with Gasteiger partial charge in [-0.1, -0.05) is 62.4 Å². The van der Waals surface area contributed by atoms with E-state index >= 15 is 0 Å². The number of benzene rings is 3. The smallest absolute Gasteiger partial charge is 0.488 e. The number of ether oxygens (including phenoxy) is 3. The van der Waals surface area contributed by atoms with Gasteiger partial charge >= 0.3 is 18.2 Å². The lowest BCUT2D eigenvalue weighted by atomic mass is 10.0. The van der Waals surface area contributed by atoms with Crippen LogP contribution in [-0.2, 0) is 20.7 Å². The first-order chi connectivity index (χ1) is 19.1. The fraction of sp³-hybridized carbons (Fsp3) is 0.355. The predicted molar refractivity (Wildman–Crippen MR) is 147 cm³/mol. The first kappa shape index (κ1) is 30.5. The highest BCUT2D eigenvalue weighted by molar-refractivity contribution is 6.38. The van der Waals surface area contributed by atoms with Crippen LogP contribution in [-0.4, -0.2) is 38.0 Å². The standard InChI is InChI=1S/C31H34F3NO5/c1-4-25(5-2)39-28-19-16-24(23-14-17-26(18-15-23)40-31(32,33)34)21-27(28)35(29(36)30(37)38-3)20-10-9-13-22-11-7-6-8-12-22/h6-8,11-12,14-19,21,25H,4-5,9-10,13,20H2,1-3H3. The van der Waals surface area contributed by atoms with Gasteiger partial charge in [-0.15, -0.1) is 13.2 Å². The van der Waals surface area contributed by atoms with E-state index in [1.807, 2.05) is 44.2 Å². The summed E-state index contributed by atoms with van der Waals surface area (Å²) in [5.41, 5.74) is 2.78. The molecule has 0 heterocycles. The number of esters is 1. The van der Waals surface area contributed by atoms with Crippen LogP contribution in [0.2, 0.25) is 0 Å². The van der Waals surface area contributed by atoms with Crippen molar-refractivity contribution in [3.8, 4) is 22.6 Å². The molecule has 0 saturated heterocycles. The van der Waals surface area contributed by atoms with Crippen molar-refractivity contribution < 1.29 is 37.0 Å². The zero-order chi connectivity index (χ0) is 29.1. The number of methoxy groups -OCH3 is 1. The number of hydrogen-bond donors (Lipinski definition) is 0. The third-order valence-corrected chi connectivity index (χ3v) is 6.42. The Morgan fingerprint density at radius 2 is 1.52 bits per heavy atom. The number of carbonyl (C=O) groups excluding carboxylic acids is 2. The lowest BCUT2D eigenvalue weighted by Crippen LogP contribution is -2.38. The maximum Gasteiger partial charge on any atom is 0.573 e. The third-order valence-electron chi connectivity index (χ3n) is 6.42. The normalized spacial score (nSPS) is 11.3. The Morgan fingerprint density at radius 3 is 2.12 bits per heavy atom. The molecular weight excluding hydrogens is 523 g/mol. The summed E-state index contributed by atoms with van der Waals surface area (Å²) in [7, 11) is 1.15. The third kappa shape index (κ3) is 8.76. The van der Waals surface area contributed by atoms with Gasteiger partial charge in [0.25, 0.3) is 0 Å². The number of carbonyl (C=O) groups is 2. The Bertz CT molecular complexity index is 1240. The van der Waals surface area contributed by atoms with Gasteiger partial charge < -0.3 is 14.2 Å². The van der Waals surface area contributed by atoms with Crippen LogP contribution in [0.5, 0.6) is 11.5 Å². The van der Waals surface area contributed by atoms with Crippen molar-refractivity contribution in [1.29, 1.82) is 0 Å². The lowest BCUT2D eigenvalue weighted by molar-refractivity contribution is -0.274. The maximum atomic E-state index is 13.2. The van der Waals surface area contributed by atoms with Crippen LogP contribution in [0.4, 0.5) is 18.9 Å². The molecular formula is C31H34F3NO5. The van der Waals surface area contributed by atoms with Gasteiger partial charge in [-0.2, -0.15) is 0 Å². The number of nitrogens with zero attached hydrogens (tertiary/aromatic N) is 1. The molecule has 9 heteroatoms. The van der Waals surface area contributed by atoms with Gasteiger partial charge in [0.15, 0.2) is 0 Å². The van der Waals surface area contributed by atoms with Crippen molar-refractivity contribution in [2.45, 2.75) is 58.4 Å².